The van der Waals surface area contributed by atoms with Gasteiger partial charge in [0.15, 0.2) is 0 Å². The summed E-state index contributed by atoms with van der Waals surface area (Å²) < 4.78 is 9.76. The average molecular weight is 209 g/mol. The van der Waals surface area contributed by atoms with Gasteiger partial charge in [0.2, 0.25) is 0 Å². The highest BCUT2D eigenvalue weighted by Gasteiger charge is 2.24. The van der Waals surface area contributed by atoms with E-state index >= 15 is 0 Å². The molecule has 0 aromatic rings. The van der Waals surface area contributed by atoms with E-state index in [1.54, 1.807) is 6.92 Å². The van der Waals surface area contributed by atoms with Gasteiger partial charge in [-0.05, 0) is 6.92 Å². The highest BCUT2D eigenvalue weighted by atomic mass is 79.9. The first-order valence-corrected chi connectivity index (χ1v) is 4.04. The van der Waals surface area contributed by atoms with Crippen molar-refractivity contribution in [3.8, 4) is 0 Å². The minimum Gasteiger partial charge on any atom is -0.457 e. The lowest BCUT2D eigenvalue weighted by Crippen LogP contribution is -2.39. The summed E-state index contributed by atoms with van der Waals surface area (Å²) in [5, 5.41) is 0. The number of rotatable bonds is 2. The molecule has 0 aromatic heterocycles. The van der Waals surface area contributed by atoms with Gasteiger partial charge in [0.1, 0.15) is 10.9 Å². The maximum atomic E-state index is 10.8. The summed E-state index contributed by atoms with van der Waals surface area (Å²) in [7, 11) is 0. The van der Waals surface area contributed by atoms with Gasteiger partial charge in [-0.3, -0.25) is 4.79 Å². The Morgan fingerprint density at radius 1 is 1.80 bits per heavy atom. The van der Waals surface area contributed by atoms with Gasteiger partial charge in [-0.25, -0.2) is 0 Å². The van der Waals surface area contributed by atoms with E-state index in [4.69, 9.17) is 9.47 Å². The first-order valence-electron chi connectivity index (χ1n) is 3.12. The summed E-state index contributed by atoms with van der Waals surface area (Å²) in [6, 6.07) is 0. The van der Waals surface area contributed by atoms with Crippen molar-refractivity contribution in [3.05, 3.63) is 0 Å². The molecule has 1 aliphatic rings. The van der Waals surface area contributed by atoms with Crippen LogP contribution in [0.15, 0.2) is 0 Å². The largest absolute Gasteiger partial charge is 0.457 e. The van der Waals surface area contributed by atoms with Gasteiger partial charge >= 0.3 is 5.97 Å². The van der Waals surface area contributed by atoms with E-state index < -0.39 is 0 Å². The third-order valence-electron chi connectivity index (χ3n) is 1.22. The van der Waals surface area contributed by atoms with Crippen LogP contribution in [0.3, 0.4) is 0 Å². The van der Waals surface area contributed by atoms with Crippen LogP contribution in [-0.4, -0.2) is 30.1 Å². The smallest absolute Gasteiger partial charge is 0.319 e. The van der Waals surface area contributed by atoms with Crippen LogP contribution in [0.25, 0.3) is 0 Å². The Hall–Kier alpha value is -0.0900. The average Bonchev–Trinajstić information content (AvgIpc) is 1.77. The fourth-order valence-corrected chi connectivity index (χ4v) is 0.648. The Morgan fingerprint density at radius 3 is 2.70 bits per heavy atom. The molecule has 0 spiro atoms. The van der Waals surface area contributed by atoms with Crippen LogP contribution in [0.4, 0.5) is 0 Å². The first-order chi connectivity index (χ1) is 4.70. The molecule has 0 radical (unpaired) electrons. The predicted molar refractivity (Wildman–Crippen MR) is 39.1 cm³/mol. The maximum absolute atomic E-state index is 10.8. The fraction of sp³-hybridized carbons (Fsp3) is 0.833. The van der Waals surface area contributed by atoms with Crippen molar-refractivity contribution in [2.24, 2.45) is 0 Å². The van der Waals surface area contributed by atoms with E-state index in [0.717, 1.165) is 0 Å². The number of carbonyl (C=O) groups is 1. The zero-order valence-corrected chi connectivity index (χ0v) is 7.26. The molecule has 0 aliphatic carbocycles. The third kappa shape index (κ3) is 1.95. The maximum Gasteiger partial charge on any atom is 0.319 e. The quantitative estimate of drug-likeness (QED) is 0.496. The normalized spacial score (nSPS) is 21.4. The van der Waals surface area contributed by atoms with Gasteiger partial charge in [0, 0.05) is 0 Å². The van der Waals surface area contributed by atoms with E-state index in [9.17, 15) is 4.79 Å². The Bertz CT molecular complexity index is 131. The highest BCUT2D eigenvalue weighted by molar-refractivity contribution is 9.10. The monoisotopic (exact) mass is 208 g/mol. The third-order valence-corrected chi connectivity index (χ3v) is 1.59. The van der Waals surface area contributed by atoms with Crippen LogP contribution < -0.4 is 0 Å². The molecule has 3 nitrogen and oxygen atoms in total. The van der Waals surface area contributed by atoms with Crippen LogP contribution in [0.2, 0.25) is 0 Å². The molecule has 0 amide bonds. The van der Waals surface area contributed by atoms with Gasteiger partial charge in [0.05, 0.1) is 13.2 Å². The van der Waals surface area contributed by atoms with Crippen LogP contribution in [0.1, 0.15) is 6.92 Å². The molecule has 4 heteroatoms. The molecule has 1 rings (SSSR count). The molecule has 1 fully saturated rings. The Morgan fingerprint density at radius 2 is 2.40 bits per heavy atom. The van der Waals surface area contributed by atoms with E-state index in [0.29, 0.717) is 13.2 Å². The van der Waals surface area contributed by atoms with Crippen molar-refractivity contribution in [3.63, 3.8) is 0 Å². The Balaban J connectivity index is 2.17. The van der Waals surface area contributed by atoms with Gasteiger partial charge in [-0.15, -0.1) is 0 Å². The summed E-state index contributed by atoms with van der Waals surface area (Å²) in [4.78, 5) is 10.6. The molecule has 58 valence electrons. The number of halogens is 1. The van der Waals surface area contributed by atoms with E-state index in [1.807, 2.05) is 0 Å². The standard InChI is InChI=1S/C6H9BrO3/c1-4(7)6(8)10-5-2-9-3-5/h4-5H,2-3H2,1H3/t4-/m1/s1. The first kappa shape index (κ1) is 8.01. The lowest BCUT2D eigenvalue weighted by Gasteiger charge is -2.25. The zero-order chi connectivity index (χ0) is 7.56. The van der Waals surface area contributed by atoms with Crippen molar-refractivity contribution in [2.45, 2.75) is 17.9 Å². The number of hydrogen-bond donors (Lipinski definition) is 0. The van der Waals surface area contributed by atoms with Crippen LogP contribution in [0.5, 0.6) is 0 Å². The molecule has 1 aliphatic heterocycles. The second-order valence-electron chi connectivity index (χ2n) is 2.21. The number of carbonyl (C=O) groups excluding carboxylic acids is 1. The lowest BCUT2D eigenvalue weighted by atomic mass is 10.3. The van der Waals surface area contributed by atoms with Crippen molar-refractivity contribution in [2.75, 3.05) is 13.2 Å². The van der Waals surface area contributed by atoms with Crippen molar-refractivity contribution in [1.82, 2.24) is 0 Å². The second-order valence-corrected chi connectivity index (χ2v) is 3.59. The molecular formula is C6H9BrO3. The minimum absolute atomic E-state index is 0.00694. The summed E-state index contributed by atoms with van der Waals surface area (Å²) in [6.07, 6.45) is -0.00694. The fourth-order valence-electron chi connectivity index (χ4n) is 0.540. The molecule has 0 unspecified atom stereocenters. The summed E-state index contributed by atoms with van der Waals surface area (Å²) in [6.45, 7) is 2.83. The van der Waals surface area contributed by atoms with Gasteiger partial charge in [0.25, 0.3) is 0 Å². The molecule has 0 bridgehead atoms. The molecule has 1 atom stereocenters. The lowest BCUT2D eigenvalue weighted by molar-refractivity contribution is -0.170. The van der Waals surface area contributed by atoms with E-state index in [2.05, 4.69) is 15.9 Å². The van der Waals surface area contributed by atoms with Crippen LogP contribution in [-0.2, 0) is 14.3 Å². The zero-order valence-electron chi connectivity index (χ0n) is 5.67. The molecule has 1 saturated heterocycles. The van der Waals surface area contributed by atoms with Gasteiger partial charge < -0.3 is 9.47 Å². The Kier molecular flexibility index (Phi) is 2.68. The minimum atomic E-state index is -0.215. The topological polar surface area (TPSA) is 35.5 Å². The highest BCUT2D eigenvalue weighted by Crippen LogP contribution is 2.09. The van der Waals surface area contributed by atoms with Gasteiger partial charge in [-0.1, -0.05) is 15.9 Å². The number of ether oxygens (including phenoxy) is 2. The van der Waals surface area contributed by atoms with E-state index in [-0.39, 0.29) is 16.9 Å². The number of alkyl halides is 1. The van der Waals surface area contributed by atoms with Crippen LogP contribution in [0, 0.1) is 0 Å². The molecule has 0 aromatic carbocycles. The van der Waals surface area contributed by atoms with E-state index in [1.165, 1.54) is 0 Å². The van der Waals surface area contributed by atoms with Gasteiger partial charge in [-0.2, -0.15) is 0 Å². The van der Waals surface area contributed by atoms with Crippen molar-refractivity contribution in [1.29, 1.82) is 0 Å². The Labute approximate surface area is 67.8 Å². The summed E-state index contributed by atoms with van der Waals surface area (Å²) >= 11 is 3.11. The number of esters is 1. The predicted octanol–water partition coefficient (Wildman–Crippen LogP) is 0.712. The molecular weight excluding hydrogens is 200 g/mol. The van der Waals surface area contributed by atoms with Crippen molar-refractivity contribution < 1.29 is 14.3 Å². The molecule has 0 N–H and O–H groups in total. The summed E-state index contributed by atoms with van der Waals surface area (Å²) in [5.74, 6) is -0.215. The number of hydrogen-bond acceptors (Lipinski definition) is 3. The SMILES string of the molecule is C[C@@H](Br)C(=O)OC1COC1. The molecule has 1 heterocycles. The van der Waals surface area contributed by atoms with Crippen LogP contribution >= 0.6 is 15.9 Å². The molecule has 0 saturated carbocycles. The molecule has 10 heavy (non-hydrogen) atoms. The summed E-state index contributed by atoms with van der Waals surface area (Å²) in [5.41, 5.74) is 0. The second kappa shape index (κ2) is 3.34. The van der Waals surface area contributed by atoms with Crippen molar-refractivity contribution >= 4 is 21.9 Å².